The predicted molar refractivity (Wildman–Crippen MR) is 105 cm³/mol. The lowest BCUT2D eigenvalue weighted by Gasteiger charge is -2.38. The third-order valence-corrected chi connectivity index (χ3v) is 4.78. The SMILES string of the molecule is COc1ccc(C(C)(C)CC(O)(C/C(N)=C/c2ccccc2)C(F)(F)F)cc1. The van der Waals surface area contributed by atoms with Gasteiger partial charge in [-0.25, -0.2) is 0 Å². The van der Waals surface area contributed by atoms with E-state index in [1.807, 2.05) is 0 Å². The van der Waals surface area contributed by atoms with Crippen molar-refractivity contribution in [2.24, 2.45) is 5.73 Å². The molecule has 0 saturated heterocycles. The fourth-order valence-electron chi connectivity index (χ4n) is 3.29. The maximum absolute atomic E-state index is 13.8. The number of benzene rings is 2. The summed E-state index contributed by atoms with van der Waals surface area (Å²) >= 11 is 0. The molecule has 1 atom stereocenters. The van der Waals surface area contributed by atoms with Crippen LogP contribution in [0.15, 0.2) is 60.3 Å². The van der Waals surface area contributed by atoms with Crippen molar-refractivity contribution in [3.05, 3.63) is 71.4 Å². The molecule has 0 aliphatic carbocycles. The van der Waals surface area contributed by atoms with Crippen LogP contribution in [0.2, 0.25) is 0 Å². The number of nitrogens with two attached hydrogens (primary N) is 1. The highest BCUT2D eigenvalue weighted by atomic mass is 19.4. The fourth-order valence-corrected chi connectivity index (χ4v) is 3.29. The monoisotopic (exact) mass is 393 g/mol. The van der Waals surface area contributed by atoms with Crippen molar-refractivity contribution in [3.8, 4) is 5.75 Å². The quantitative estimate of drug-likeness (QED) is 0.692. The lowest BCUT2D eigenvalue weighted by Crippen LogP contribution is -2.49. The van der Waals surface area contributed by atoms with E-state index in [4.69, 9.17) is 10.5 Å². The predicted octanol–water partition coefficient (Wildman–Crippen LogP) is 5.05. The molecule has 2 aromatic rings. The minimum Gasteiger partial charge on any atom is -0.497 e. The number of methoxy groups -OCH3 is 1. The van der Waals surface area contributed by atoms with Crippen LogP contribution in [0.1, 0.15) is 37.8 Å². The molecule has 0 bridgehead atoms. The Morgan fingerprint density at radius 3 is 2.11 bits per heavy atom. The molecule has 2 aromatic carbocycles. The average Bonchev–Trinajstić information content (AvgIpc) is 2.61. The zero-order valence-electron chi connectivity index (χ0n) is 16.3. The van der Waals surface area contributed by atoms with Gasteiger partial charge in [-0.1, -0.05) is 56.3 Å². The molecule has 6 heteroatoms. The summed E-state index contributed by atoms with van der Waals surface area (Å²) in [6.07, 6.45) is -4.60. The molecule has 0 fully saturated rings. The van der Waals surface area contributed by atoms with Crippen molar-refractivity contribution in [1.29, 1.82) is 0 Å². The Bertz CT molecular complexity index is 799. The molecular weight excluding hydrogens is 367 g/mol. The summed E-state index contributed by atoms with van der Waals surface area (Å²) in [6, 6.07) is 15.6. The molecule has 1 unspecified atom stereocenters. The van der Waals surface area contributed by atoms with E-state index in [1.165, 1.54) is 13.2 Å². The normalized spacial score (nSPS) is 15.2. The van der Waals surface area contributed by atoms with Crippen molar-refractivity contribution >= 4 is 6.08 Å². The second-order valence-corrected chi connectivity index (χ2v) is 7.63. The molecule has 3 nitrogen and oxygen atoms in total. The maximum atomic E-state index is 13.8. The van der Waals surface area contributed by atoms with Gasteiger partial charge in [0.15, 0.2) is 5.60 Å². The Hall–Kier alpha value is -2.47. The third kappa shape index (κ3) is 5.29. The molecule has 0 saturated carbocycles. The van der Waals surface area contributed by atoms with E-state index in [2.05, 4.69) is 0 Å². The number of hydrogen-bond donors (Lipinski definition) is 2. The van der Waals surface area contributed by atoms with Gasteiger partial charge in [0.25, 0.3) is 0 Å². The van der Waals surface area contributed by atoms with Gasteiger partial charge in [0.2, 0.25) is 0 Å². The number of aliphatic hydroxyl groups is 1. The van der Waals surface area contributed by atoms with Crippen LogP contribution < -0.4 is 10.5 Å². The number of ether oxygens (including phenoxy) is 1. The third-order valence-electron chi connectivity index (χ3n) is 4.78. The Morgan fingerprint density at radius 2 is 1.61 bits per heavy atom. The van der Waals surface area contributed by atoms with Crippen LogP contribution in [0.5, 0.6) is 5.75 Å². The van der Waals surface area contributed by atoms with E-state index in [-0.39, 0.29) is 5.70 Å². The highest BCUT2D eigenvalue weighted by Crippen LogP contribution is 2.44. The first-order chi connectivity index (χ1) is 13.0. The molecular formula is C22H26F3NO2. The highest BCUT2D eigenvalue weighted by molar-refractivity contribution is 5.52. The summed E-state index contributed by atoms with van der Waals surface area (Å²) in [6.45, 7) is 3.34. The molecule has 0 amide bonds. The first-order valence-electron chi connectivity index (χ1n) is 8.92. The van der Waals surface area contributed by atoms with E-state index < -0.39 is 30.0 Å². The molecule has 0 aromatic heterocycles. The summed E-state index contributed by atoms with van der Waals surface area (Å²) in [5.41, 5.74) is 3.29. The molecule has 2 rings (SSSR count). The van der Waals surface area contributed by atoms with E-state index in [0.29, 0.717) is 16.9 Å². The molecule has 0 heterocycles. The highest BCUT2D eigenvalue weighted by Gasteiger charge is 2.55. The van der Waals surface area contributed by atoms with Gasteiger partial charge >= 0.3 is 6.18 Å². The van der Waals surface area contributed by atoms with Crippen molar-refractivity contribution in [1.82, 2.24) is 0 Å². The molecule has 152 valence electrons. The fraction of sp³-hybridized carbons (Fsp3) is 0.364. The standard InChI is InChI=1S/C22H26F3NO2/c1-20(2,17-9-11-19(28-3)12-10-17)15-21(27,22(23,24)25)14-18(26)13-16-7-5-4-6-8-16/h4-13,27H,14-15,26H2,1-3H3/b18-13-. The lowest BCUT2D eigenvalue weighted by molar-refractivity contribution is -0.266. The van der Waals surface area contributed by atoms with E-state index in [0.717, 1.165) is 0 Å². The Morgan fingerprint density at radius 1 is 1.04 bits per heavy atom. The number of alkyl halides is 3. The van der Waals surface area contributed by atoms with Gasteiger partial charge in [-0.2, -0.15) is 13.2 Å². The molecule has 0 spiro atoms. The number of halogens is 3. The van der Waals surface area contributed by atoms with Gasteiger partial charge in [-0.3, -0.25) is 0 Å². The second-order valence-electron chi connectivity index (χ2n) is 7.63. The van der Waals surface area contributed by atoms with Gasteiger partial charge in [-0.15, -0.1) is 0 Å². The van der Waals surface area contributed by atoms with Crippen molar-refractivity contribution < 1.29 is 23.0 Å². The van der Waals surface area contributed by atoms with Crippen molar-refractivity contribution in [2.75, 3.05) is 7.11 Å². The van der Waals surface area contributed by atoms with Crippen LogP contribution in [-0.2, 0) is 5.41 Å². The summed E-state index contributed by atoms with van der Waals surface area (Å²) in [4.78, 5) is 0. The van der Waals surface area contributed by atoms with Crippen molar-refractivity contribution in [3.63, 3.8) is 0 Å². The van der Waals surface area contributed by atoms with Crippen LogP contribution in [0, 0.1) is 0 Å². The largest absolute Gasteiger partial charge is 0.497 e. The Balaban J connectivity index is 2.29. The Labute approximate surface area is 163 Å². The van der Waals surface area contributed by atoms with Gasteiger partial charge < -0.3 is 15.6 Å². The van der Waals surface area contributed by atoms with Crippen LogP contribution in [-0.4, -0.2) is 24.0 Å². The number of rotatable bonds is 7. The number of hydrogen-bond acceptors (Lipinski definition) is 3. The van der Waals surface area contributed by atoms with Gasteiger partial charge in [-0.05, 0) is 41.2 Å². The minimum atomic E-state index is -4.83. The smallest absolute Gasteiger partial charge is 0.417 e. The minimum absolute atomic E-state index is 0.0310. The molecule has 0 aliphatic heterocycles. The van der Waals surface area contributed by atoms with Crippen molar-refractivity contribution in [2.45, 2.75) is 43.9 Å². The van der Waals surface area contributed by atoms with Gasteiger partial charge in [0.05, 0.1) is 7.11 Å². The zero-order chi connectivity index (χ0) is 21.0. The average molecular weight is 393 g/mol. The molecule has 0 radical (unpaired) electrons. The van der Waals surface area contributed by atoms with E-state index >= 15 is 0 Å². The molecule has 0 aliphatic rings. The topological polar surface area (TPSA) is 55.5 Å². The van der Waals surface area contributed by atoms with Crippen LogP contribution in [0.4, 0.5) is 13.2 Å². The summed E-state index contributed by atoms with van der Waals surface area (Å²) in [7, 11) is 1.52. The van der Waals surface area contributed by atoms with Crippen LogP contribution in [0.25, 0.3) is 6.08 Å². The molecule has 28 heavy (non-hydrogen) atoms. The first-order valence-corrected chi connectivity index (χ1v) is 8.92. The van der Waals surface area contributed by atoms with Gasteiger partial charge in [0, 0.05) is 12.1 Å². The van der Waals surface area contributed by atoms with Crippen LogP contribution >= 0.6 is 0 Å². The summed E-state index contributed by atoms with van der Waals surface area (Å²) < 4.78 is 46.5. The Kier molecular flexibility index (Phi) is 6.44. The summed E-state index contributed by atoms with van der Waals surface area (Å²) in [5, 5.41) is 10.6. The summed E-state index contributed by atoms with van der Waals surface area (Å²) in [5.74, 6) is 0.612. The second kappa shape index (κ2) is 8.27. The first kappa shape index (κ1) is 21.8. The lowest BCUT2D eigenvalue weighted by atomic mass is 9.73. The van der Waals surface area contributed by atoms with Gasteiger partial charge in [0.1, 0.15) is 5.75 Å². The molecule has 3 N–H and O–H groups in total. The maximum Gasteiger partial charge on any atom is 0.417 e. The van der Waals surface area contributed by atoms with E-state index in [9.17, 15) is 18.3 Å². The zero-order valence-corrected chi connectivity index (χ0v) is 16.3. The van der Waals surface area contributed by atoms with Crippen LogP contribution in [0.3, 0.4) is 0 Å². The van der Waals surface area contributed by atoms with E-state index in [1.54, 1.807) is 68.4 Å².